The maximum absolute atomic E-state index is 9.06. The molecule has 0 fully saturated rings. The van der Waals surface area contributed by atoms with Gasteiger partial charge in [-0.25, -0.2) is 9.97 Å². The van der Waals surface area contributed by atoms with Crippen molar-refractivity contribution in [2.75, 3.05) is 7.11 Å². The van der Waals surface area contributed by atoms with E-state index in [1.165, 1.54) is 0 Å². The first-order valence-electron chi connectivity index (χ1n) is 5.43. The topological polar surface area (TPSA) is 55.2 Å². The fourth-order valence-electron chi connectivity index (χ4n) is 1.82. The lowest BCUT2D eigenvalue weighted by atomic mass is 10.1. The zero-order valence-electron chi connectivity index (χ0n) is 10.1. The highest BCUT2D eigenvalue weighted by atomic mass is 35.5. The van der Waals surface area contributed by atoms with Gasteiger partial charge in [0.25, 0.3) is 0 Å². The van der Waals surface area contributed by atoms with E-state index in [4.69, 9.17) is 21.4 Å². The molecule has 0 bridgehead atoms. The van der Waals surface area contributed by atoms with Crippen molar-refractivity contribution < 1.29 is 9.84 Å². The summed E-state index contributed by atoms with van der Waals surface area (Å²) in [5.74, 6) is 1.09. The van der Waals surface area contributed by atoms with Crippen molar-refractivity contribution in [3.63, 3.8) is 0 Å². The van der Waals surface area contributed by atoms with Gasteiger partial charge in [-0.2, -0.15) is 0 Å². The highest BCUT2D eigenvalue weighted by Gasteiger charge is 2.12. The Bertz CT molecular complexity index is 573. The zero-order chi connectivity index (χ0) is 13.1. The number of rotatable bonds is 3. The first kappa shape index (κ1) is 12.8. The van der Waals surface area contributed by atoms with Crippen LogP contribution >= 0.6 is 11.6 Å². The molecule has 0 amide bonds. The second-order valence-corrected chi connectivity index (χ2v) is 4.26. The largest absolute Gasteiger partial charge is 0.496 e. The zero-order valence-corrected chi connectivity index (χ0v) is 10.9. The summed E-state index contributed by atoms with van der Waals surface area (Å²) in [6, 6.07) is 5.38. The highest BCUT2D eigenvalue weighted by Crippen LogP contribution is 2.34. The minimum absolute atomic E-state index is 0.199. The number of ether oxygens (including phenoxy) is 1. The summed E-state index contributed by atoms with van der Waals surface area (Å²) in [6.45, 7) is 1.72. The van der Waals surface area contributed by atoms with Crippen LogP contribution in [0.3, 0.4) is 0 Å². The summed E-state index contributed by atoms with van der Waals surface area (Å²) < 4.78 is 5.38. The van der Waals surface area contributed by atoms with Crippen molar-refractivity contribution in [1.82, 2.24) is 9.97 Å². The summed E-state index contributed by atoms with van der Waals surface area (Å²) >= 11 is 6.05. The molecule has 0 saturated heterocycles. The quantitative estimate of drug-likeness (QED) is 0.926. The number of aromatic nitrogens is 2. The minimum Gasteiger partial charge on any atom is -0.496 e. The van der Waals surface area contributed by atoms with Crippen LogP contribution in [0.2, 0.25) is 5.02 Å². The molecule has 94 valence electrons. The predicted molar refractivity (Wildman–Crippen MR) is 69.7 cm³/mol. The molecule has 4 nitrogen and oxygen atoms in total. The second-order valence-electron chi connectivity index (χ2n) is 3.82. The predicted octanol–water partition coefficient (Wildman–Crippen LogP) is 2.61. The van der Waals surface area contributed by atoms with Crippen LogP contribution in [-0.2, 0) is 6.61 Å². The minimum atomic E-state index is -0.199. The third-order valence-corrected chi connectivity index (χ3v) is 2.78. The number of aliphatic hydroxyl groups excluding tert-OH is 1. The van der Waals surface area contributed by atoms with Crippen molar-refractivity contribution in [2.45, 2.75) is 13.5 Å². The molecule has 2 aromatic rings. The average Bonchev–Trinajstić information content (AvgIpc) is 2.38. The van der Waals surface area contributed by atoms with Crippen molar-refractivity contribution in [1.29, 1.82) is 0 Å². The molecule has 0 spiro atoms. The third-order valence-electron chi connectivity index (χ3n) is 2.57. The Labute approximate surface area is 110 Å². The molecule has 0 unspecified atom stereocenters. The van der Waals surface area contributed by atoms with Crippen LogP contribution in [0.25, 0.3) is 11.3 Å². The molecule has 0 aliphatic rings. The number of benzene rings is 1. The Kier molecular flexibility index (Phi) is 3.79. The first-order valence-corrected chi connectivity index (χ1v) is 5.80. The lowest BCUT2D eigenvalue weighted by Gasteiger charge is -2.12. The fourth-order valence-corrected chi connectivity index (χ4v) is 2.09. The summed E-state index contributed by atoms with van der Waals surface area (Å²) in [5.41, 5.74) is 2.40. The van der Waals surface area contributed by atoms with Gasteiger partial charge >= 0.3 is 0 Å². The summed E-state index contributed by atoms with van der Waals surface area (Å²) in [6.07, 6.45) is 1.60. The third kappa shape index (κ3) is 2.44. The Morgan fingerprint density at radius 1 is 1.39 bits per heavy atom. The van der Waals surface area contributed by atoms with Crippen LogP contribution in [-0.4, -0.2) is 22.2 Å². The van der Waals surface area contributed by atoms with E-state index in [1.807, 2.05) is 13.0 Å². The van der Waals surface area contributed by atoms with E-state index in [-0.39, 0.29) is 6.61 Å². The normalized spacial score (nSPS) is 10.4. The molecule has 5 heteroatoms. The van der Waals surface area contributed by atoms with Crippen molar-refractivity contribution in [3.05, 3.63) is 40.8 Å². The highest BCUT2D eigenvalue weighted by molar-refractivity contribution is 6.31. The molecule has 0 radical (unpaired) electrons. The van der Waals surface area contributed by atoms with Crippen LogP contribution in [0.5, 0.6) is 5.75 Å². The molecule has 0 atom stereocenters. The fraction of sp³-hybridized carbons (Fsp3) is 0.231. The van der Waals surface area contributed by atoms with E-state index in [0.717, 1.165) is 16.9 Å². The van der Waals surface area contributed by atoms with Gasteiger partial charge in [0, 0.05) is 16.8 Å². The standard InChI is InChI=1S/C13H13ClN2O2/c1-8-5-9(14)6-10(13(8)18-2)11-3-4-15-12(7-17)16-11/h3-6,17H,7H2,1-2H3. The molecule has 0 aliphatic carbocycles. The van der Waals surface area contributed by atoms with E-state index in [9.17, 15) is 0 Å². The van der Waals surface area contributed by atoms with Crippen LogP contribution in [0.15, 0.2) is 24.4 Å². The number of nitrogens with zero attached hydrogens (tertiary/aromatic N) is 2. The molecule has 2 rings (SSSR count). The van der Waals surface area contributed by atoms with E-state index in [1.54, 1.807) is 25.4 Å². The van der Waals surface area contributed by atoms with Gasteiger partial charge in [-0.15, -0.1) is 0 Å². The molecule has 1 heterocycles. The molecule has 18 heavy (non-hydrogen) atoms. The van der Waals surface area contributed by atoms with E-state index >= 15 is 0 Å². The van der Waals surface area contributed by atoms with Gasteiger partial charge in [-0.05, 0) is 30.7 Å². The lowest BCUT2D eigenvalue weighted by Crippen LogP contribution is -1.98. The van der Waals surface area contributed by atoms with Crippen molar-refractivity contribution in [3.8, 4) is 17.0 Å². The Morgan fingerprint density at radius 3 is 2.83 bits per heavy atom. The molecule has 1 aromatic heterocycles. The summed E-state index contributed by atoms with van der Waals surface area (Å²) in [4.78, 5) is 8.20. The van der Waals surface area contributed by atoms with Gasteiger partial charge in [0.2, 0.25) is 0 Å². The van der Waals surface area contributed by atoms with Gasteiger partial charge < -0.3 is 9.84 Å². The maximum Gasteiger partial charge on any atom is 0.154 e. The van der Waals surface area contributed by atoms with Gasteiger partial charge in [0.15, 0.2) is 5.82 Å². The van der Waals surface area contributed by atoms with Crippen LogP contribution in [0, 0.1) is 6.92 Å². The van der Waals surface area contributed by atoms with E-state index in [0.29, 0.717) is 16.5 Å². The monoisotopic (exact) mass is 264 g/mol. The molecule has 0 saturated carbocycles. The van der Waals surface area contributed by atoms with Crippen LogP contribution < -0.4 is 4.74 Å². The number of aliphatic hydroxyl groups is 1. The Balaban J connectivity index is 2.61. The van der Waals surface area contributed by atoms with E-state index < -0.39 is 0 Å². The number of hydrogen-bond acceptors (Lipinski definition) is 4. The number of hydrogen-bond donors (Lipinski definition) is 1. The van der Waals surface area contributed by atoms with Gasteiger partial charge in [0.05, 0.1) is 12.8 Å². The first-order chi connectivity index (χ1) is 8.65. The van der Waals surface area contributed by atoms with E-state index in [2.05, 4.69) is 9.97 Å². The Hall–Kier alpha value is -1.65. The van der Waals surface area contributed by atoms with Gasteiger partial charge in [0.1, 0.15) is 12.4 Å². The second kappa shape index (κ2) is 5.33. The average molecular weight is 265 g/mol. The smallest absolute Gasteiger partial charge is 0.154 e. The molecule has 1 aromatic carbocycles. The summed E-state index contributed by atoms with van der Waals surface area (Å²) in [7, 11) is 1.61. The van der Waals surface area contributed by atoms with Crippen molar-refractivity contribution >= 4 is 11.6 Å². The SMILES string of the molecule is COc1c(C)cc(Cl)cc1-c1ccnc(CO)n1. The Morgan fingerprint density at radius 2 is 2.17 bits per heavy atom. The maximum atomic E-state index is 9.06. The number of halogens is 1. The molecular formula is C13H13ClN2O2. The van der Waals surface area contributed by atoms with Crippen LogP contribution in [0.1, 0.15) is 11.4 Å². The molecular weight excluding hydrogens is 252 g/mol. The van der Waals surface area contributed by atoms with Crippen LogP contribution in [0.4, 0.5) is 0 Å². The molecule has 0 aliphatic heterocycles. The van der Waals surface area contributed by atoms with Gasteiger partial charge in [-0.3, -0.25) is 0 Å². The van der Waals surface area contributed by atoms with Crippen molar-refractivity contribution in [2.24, 2.45) is 0 Å². The number of aryl methyl sites for hydroxylation is 1. The lowest BCUT2D eigenvalue weighted by molar-refractivity contribution is 0.271. The number of methoxy groups -OCH3 is 1. The van der Waals surface area contributed by atoms with Gasteiger partial charge in [-0.1, -0.05) is 11.6 Å². The molecule has 1 N–H and O–H groups in total. The summed E-state index contributed by atoms with van der Waals surface area (Å²) in [5, 5.41) is 9.68.